The second kappa shape index (κ2) is 7.53. The lowest BCUT2D eigenvalue weighted by Gasteiger charge is -2.03. The van der Waals surface area contributed by atoms with Gasteiger partial charge in [0.25, 0.3) is 0 Å². The van der Waals surface area contributed by atoms with Gasteiger partial charge >= 0.3 is 0 Å². The summed E-state index contributed by atoms with van der Waals surface area (Å²) in [6.45, 7) is 0. The standard InChI is InChI=1S/C20H16N4O3S/c1-26-14-9-7-13(8-10-14)22-20-23-19(21)18(28-20)17(25)16-11-15(24-27-16)12-5-3-2-4-6-12/h2-11H,21H2,1H3,(H,22,23). The molecule has 0 aliphatic carbocycles. The molecule has 0 atom stereocenters. The quantitative estimate of drug-likeness (QED) is 0.470. The molecule has 0 saturated heterocycles. The monoisotopic (exact) mass is 392 g/mol. The Morgan fingerprint density at radius 3 is 2.61 bits per heavy atom. The molecule has 0 saturated carbocycles. The predicted molar refractivity (Wildman–Crippen MR) is 108 cm³/mol. The number of methoxy groups -OCH3 is 1. The van der Waals surface area contributed by atoms with Crippen molar-refractivity contribution in [1.82, 2.24) is 10.1 Å². The van der Waals surface area contributed by atoms with E-state index in [1.54, 1.807) is 13.2 Å². The molecular formula is C20H16N4O3S. The smallest absolute Gasteiger partial charge is 0.244 e. The Morgan fingerprint density at radius 1 is 1.14 bits per heavy atom. The topological polar surface area (TPSA) is 103 Å². The van der Waals surface area contributed by atoms with Crippen LogP contribution in [0, 0.1) is 0 Å². The molecule has 0 bridgehead atoms. The van der Waals surface area contributed by atoms with Gasteiger partial charge in [-0.15, -0.1) is 0 Å². The highest BCUT2D eigenvalue weighted by Gasteiger charge is 2.22. The molecule has 0 aliphatic rings. The number of rotatable bonds is 6. The van der Waals surface area contributed by atoms with Gasteiger partial charge in [-0.25, -0.2) is 4.98 Å². The van der Waals surface area contributed by atoms with Gasteiger partial charge in [0, 0.05) is 17.3 Å². The van der Waals surface area contributed by atoms with Crippen molar-refractivity contribution in [3.05, 3.63) is 71.3 Å². The SMILES string of the molecule is COc1ccc(Nc2nc(N)c(C(=O)c3cc(-c4ccccc4)no3)s2)cc1. The Morgan fingerprint density at radius 2 is 1.89 bits per heavy atom. The van der Waals surface area contributed by atoms with Gasteiger partial charge in [-0.05, 0) is 24.3 Å². The molecule has 0 aliphatic heterocycles. The molecule has 4 aromatic rings. The van der Waals surface area contributed by atoms with Crippen LogP contribution in [0.4, 0.5) is 16.6 Å². The number of hydrogen-bond acceptors (Lipinski definition) is 8. The van der Waals surface area contributed by atoms with Crippen LogP contribution in [0.3, 0.4) is 0 Å². The molecule has 28 heavy (non-hydrogen) atoms. The lowest BCUT2D eigenvalue weighted by atomic mass is 10.1. The number of anilines is 3. The van der Waals surface area contributed by atoms with Crippen LogP contribution in [-0.2, 0) is 0 Å². The van der Waals surface area contributed by atoms with E-state index in [4.69, 9.17) is 15.0 Å². The molecule has 0 unspecified atom stereocenters. The fourth-order valence-electron chi connectivity index (χ4n) is 2.58. The number of hydrogen-bond donors (Lipinski definition) is 2. The van der Waals surface area contributed by atoms with Crippen molar-refractivity contribution in [1.29, 1.82) is 0 Å². The highest BCUT2D eigenvalue weighted by molar-refractivity contribution is 7.18. The molecule has 7 nitrogen and oxygen atoms in total. The van der Waals surface area contributed by atoms with Gasteiger partial charge < -0.3 is 20.3 Å². The van der Waals surface area contributed by atoms with Gasteiger partial charge in [-0.1, -0.05) is 46.8 Å². The number of ketones is 1. The minimum absolute atomic E-state index is 0.116. The van der Waals surface area contributed by atoms with Crippen LogP contribution in [0.25, 0.3) is 11.3 Å². The van der Waals surface area contributed by atoms with Gasteiger partial charge in [0.2, 0.25) is 11.5 Å². The van der Waals surface area contributed by atoms with Crippen molar-refractivity contribution in [3.63, 3.8) is 0 Å². The van der Waals surface area contributed by atoms with E-state index in [-0.39, 0.29) is 17.4 Å². The zero-order valence-electron chi connectivity index (χ0n) is 14.9. The summed E-state index contributed by atoms with van der Waals surface area (Å²) in [5.74, 6) is 0.654. The Balaban J connectivity index is 1.54. The Kier molecular flexibility index (Phi) is 4.77. The van der Waals surface area contributed by atoms with Crippen molar-refractivity contribution in [2.45, 2.75) is 0 Å². The van der Waals surface area contributed by atoms with Gasteiger partial charge in [0.15, 0.2) is 5.13 Å². The van der Waals surface area contributed by atoms with Crippen molar-refractivity contribution >= 4 is 33.8 Å². The molecule has 140 valence electrons. The molecule has 0 spiro atoms. The average Bonchev–Trinajstić information content (AvgIpc) is 3.36. The lowest BCUT2D eigenvalue weighted by Crippen LogP contribution is -2.01. The lowest BCUT2D eigenvalue weighted by molar-refractivity contribution is 0.100. The molecule has 4 rings (SSSR count). The first-order valence-electron chi connectivity index (χ1n) is 8.38. The minimum atomic E-state index is -0.354. The van der Waals surface area contributed by atoms with Crippen LogP contribution in [0.15, 0.2) is 65.2 Å². The average molecular weight is 392 g/mol. The van der Waals surface area contributed by atoms with Crippen molar-refractivity contribution in [3.8, 4) is 17.0 Å². The fourth-order valence-corrected chi connectivity index (χ4v) is 3.43. The van der Waals surface area contributed by atoms with Gasteiger partial charge in [-0.2, -0.15) is 0 Å². The van der Waals surface area contributed by atoms with Crippen LogP contribution in [0.2, 0.25) is 0 Å². The van der Waals surface area contributed by atoms with E-state index in [9.17, 15) is 4.79 Å². The van der Waals surface area contributed by atoms with Gasteiger partial charge in [-0.3, -0.25) is 4.79 Å². The maximum atomic E-state index is 12.8. The van der Waals surface area contributed by atoms with Gasteiger partial charge in [0.1, 0.15) is 22.1 Å². The number of nitrogens with one attached hydrogen (secondary N) is 1. The maximum absolute atomic E-state index is 12.8. The molecule has 3 N–H and O–H groups in total. The maximum Gasteiger partial charge on any atom is 0.244 e. The second-order valence-corrected chi connectivity index (χ2v) is 6.86. The summed E-state index contributed by atoms with van der Waals surface area (Å²) in [6, 6.07) is 18.4. The van der Waals surface area contributed by atoms with E-state index in [1.807, 2.05) is 54.6 Å². The third-order valence-corrected chi connectivity index (χ3v) is 4.99. The van der Waals surface area contributed by atoms with E-state index >= 15 is 0 Å². The van der Waals surface area contributed by atoms with Crippen molar-refractivity contribution in [2.75, 3.05) is 18.2 Å². The first-order chi connectivity index (χ1) is 13.6. The normalized spacial score (nSPS) is 10.6. The van der Waals surface area contributed by atoms with E-state index in [1.165, 1.54) is 0 Å². The van der Waals surface area contributed by atoms with E-state index in [0.717, 1.165) is 28.3 Å². The first-order valence-corrected chi connectivity index (χ1v) is 9.20. The number of carbonyl (C=O) groups excluding carboxylic acids is 1. The zero-order chi connectivity index (χ0) is 19.5. The molecule has 0 fully saturated rings. The summed E-state index contributed by atoms with van der Waals surface area (Å²) < 4.78 is 10.4. The third kappa shape index (κ3) is 3.58. The number of nitrogen functional groups attached to an aromatic ring is 1. The summed E-state index contributed by atoms with van der Waals surface area (Å²) in [6.07, 6.45) is 0. The molecule has 0 radical (unpaired) electrons. The van der Waals surface area contributed by atoms with E-state index in [2.05, 4.69) is 15.5 Å². The third-order valence-electron chi connectivity index (χ3n) is 4.00. The zero-order valence-corrected chi connectivity index (χ0v) is 15.7. The predicted octanol–water partition coefficient (Wildman–Crippen LogP) is 4.36. The number of benzene rings is 2. The number of carbonyl (C=O) groups is 1. The fraction of sp³-hybridized carbons (Fsp3) is 0.0500. The summed E-state index contributed by atoms with van der Waals surface area (Å²) in [7, 11) is 1.61. The number of ether oxygens (including phenoxy) is 1. The number of aromatic nitrogens is 2. The minimum Gasteiger partial charge on any atom is -0.497 e. The van der Waals surface area contributed by atoms with Crippen LogP contribution >= 0.6 is 11.3 Å². The molecular weight excluding hydrogens is 376 g/mol. The van der Waals surface area contributed by atoms with Crippen molar-refractivity contribution in [2.24, 2.45) is 0 Å². The summed E-state index contributed by atoms with van der Waals surface area (Å²) in [4.78, 5) is 17.3. The van der Waals surface area contributed by atoms with E-state index in [0.29, 0.717) is 15.7 Å². The molecule has 2 aromatic carbocycles. The molecule has 2 heterocycles. The largest absolute Gasteiger partial charge is 0.497 e. The summed E-state index contributed by atoms with van der Waals surface area (Å²) >= 11 is 1.16. The number of nitrogens with zero attached hydrogens (tertiary/aromatic N) is 2. The first kappa shape index (κ1) is 17.7. The number of thiazole rings is 1. The van der Waals surface area contributed by atoms with Crippen molar-refractivity contribution < 1.29 is 14.1 Å². The highest BCUT2D eigenvalue weighted by atomic mass is 32.1. The second-order valence-electron chi connectivity index (χ2n) is 5.86. The van der Waals surface area contributed by atoms with Crippen LogP contribution in [-0.4, -0.2) is 23.0 Å². The van der Waals surface area contributed by atoms with Crippen LogP contribution in [0.1, 0.15) is 15.4 Å². The molecule has 8 heteroatoms. The Bertz CT molecular complexity index is 1100. The number of nitrogens with two attached hydrogens (primary N) is 1. The van der Waals surface area contributed by atoms with Crippen LogP contribution < -0.4 is 15.8 Å². The Labute approximate surface area is 164 Å². The van der Waals surface area contributed by atoms with Gasteiger partial charge in [0.05, 0.1) is 7.11 Å². The van der Waals surface area contributed by atoms with Crippen LogP contribution in [0.5, 0.6) is 5.75 Å². The molecule has 2 aromatic heterocycles. The molecule has 0 amide bonds. The Hall–Kier alpha value is -3.65. The highest BCUT2D eigenvalue weighted by Crippen LogP contribution is 2.31. The summed E-state index contributed by atoms with van der Waals surface area (Å²) in [5.41, 5.74) is 8.21. The van der Waals surface area contributed by atoms with E-state index < -0.39 is 0 Å². The summed E-state index contributed by atoms with van der Waals surface area (Å²) in [5, 5.41) is 7.61.